The van der Waals surface area contributed by atoms with Crippen molar-refractivity contribution in [3.05, 3.63) is 65.7 Å². The molecule has 1 radical (unpaired) electrons. The fraction of sp³-hybridized carbons (Fsp3) is 0.263. The molecule has 1 heterocycles. The van der Waals surface area contributed by atoms with Crippen molar-refractivity contribution >= 4 is 17.6 Å². The number of carbonyl (C=O) groups is 2. The summed E-state index contributed by atoms with van der Waals surface area (Å²) >= 11 is 0. The Kier molecular flexibility index (Phi) is 5.75. The van der Waals surface area contributed by atoms with Gasteiger partial charge in [-0.3, -0.25) is 9.59 Å². The molecule has 25 heavy (non-hydrogen) atoms. The summed E-state index contributed by atoms with van der Waals surface area (Å²) in [4.78, 5) is 27.4. The molecular formula is C19H23N4O2. The summed E-state index contributed by atoms with van der Waals surface area (Å²) in [7, 11) is 0. The first kappa shape index (κ1) is 18.4. The van der Waals surface area contributed by atoms with Gasteiger partial charge in [0.2, 0.25) is 11.8 Å². The highest BCUT2D eigenvalue weighted by atomic mass is 16.2. The predicted molar refractivity (Wildman–Crippen MR) is 97.2 cm³/mol. The topological polar surface area (TPSA) is 111 Å². The van der Waals surface area contributed by atoms with Crippen LogP contribution in [0.25, 0.3) is 0 Å². The van der Waals surface area contributed by atoms with Gasteiger partial charge in [-0.2, -0.15) is 0 Å². The van der Waals surface area contributed by atoms with Crippen LogP contribution >= 0.6 is 0 Å². The zero-order valence-corrected chi connectivity index (χ0v) is 14.5. The van der Waals surface area contributed by atoms with Gasteiger partial charge in [0.15, 0.2) is 0 Å². The molecule has 0 spiro atoms. The number of nitrogens with one attached hydrogen (secondary N) is 1. The molecule has 2 rings (SSSR count). The summed E-state index contributed by atoms with van der Waals surface area (Å²) in [5.41, 5.74) is 12.9. The lowest BCUT2D eigenvalue weighted by Gasteiger charge is -2.21. The van der Waals surface area contributed by atoms with Crippen LogP contribution in [0, 0.1) is 6.42 Å². The quantitative estimate of drug-likeness (QED) is 0.709. The number of nitrogens with zero attached hydrogens (tertiary/aromatic N) is 1. The molecule has 0 unspecified atom stereocenters. The fourth-order valence-electron chi connectivity index (χ4n) is 2.21. The molecule has 131 valence electrons. The van der Waals surface area contributed by atoms with Gasteiger partial charge in [-0.05, 0) is 43.0 Å². The third-order valence-corrected chi connectivity index (χ3v) is 4.13. The average Bonchev–Trinajstić information content (AvgIpc) is 2.59. The number of rotatable bonds is 7. The van der Waals surface area contributed by atoms with E-state index in [4.69, 9.17) is 11.5 Å². The Labute approximate surface area is 147 Å². The molecule has 2 amide bonds. The Hall–Kier alpha value is -2.89. The minimum absolute atomic E-state index is 0.154. The second-order valence-corrected chi connectivity index (χ2v) is 6.40. The summed E-state index contributed by atoms with van der Waals surface area (Å²) < 4.78 is 0. The van der Waals surface area contributed by atoms with E-state index >= 15 is 0 Å². The highest BCUT2D eigenvalue weighted by Gasteiger charge is 2.26. The van der Waals surface area contributed by atoms with Crippen LogP contribution in [0.2, 0.25) is 0 Å². The number of pyridine rings is 1. The van der Waals surface area contributed by atoms with Crippen molar-refractivity contribution in [2.24, 2.45) is 5.73 Å². The maximum absolute atomic E-state index is 11.9. The first-order valence-electron chi connectivity index (χ1n) is 8.00. The van der Waals surface area contributed by atoms with E-state index in [1.54, 1.807) is 32.5 Å². The summed E-state index contributed by atoms with van der Waals surface area (Å²) in [5.74, 6) is -0.0775. The van der Waals surface area contributed by atoms with Crippen molar-refractivity contribution in [1.29, 1.82) is 0 Å². The largest absolute Gasteiger partial charge is 0.384 e. The lowest BCUT2D eigenvalue weighted by atomic mass is 9.83. The Balaban J connectivity index is 1.83. The Morgan fingerprint density at radius 1 is 1.12 bits per heavy atom. The van der Waals surface area contributed by atoms with Crippen LogP contribution in [-0.2, 0) is 28.0 Å². The molecule has 0 bridgehead atoms. The number of aromatic nitrogens is 1. The van der Waals surface area contributed by atoms with Crippen LogP contribution in [-0.4, -0.2) is 16.8 Å². The van der Waals surface area contributed by atoms with E-state index in [1.165, 1.54) is 0 Å². The van der Waals surface area contributed by atoms with Crippen molar-refractivity contribution in [3.63, 3.8) is 0 Å². The summed E-state index contributed by atoms with van der Waals surface area (Å²) in [6.45, 7) is 3.97. The predicted octanol–water partition coefficient (Wildman–Crippen LogP) is 1.49. The molecular weight excluding hydrogens is 316 g/mol. The van der Waals surface area contributed by atoms with Crippen molar-refractivity contribution < 1.29 is 9.59 Å². The molecule has 0 saturated carbocycles. The van der Waals surface area contributed by atoms with Crippen LogP contribution in [0.3, 0.4) is 0 Å². The van der Waals surface area contributed by atoms with Crippen molar-refractivity contribution in [3.8, 4) is 0 Å². The molecule has 6 nitrogen and oxygen atoms in total. The van der Waals surface area contributed by atoms with Gasteiger partial charge in [0.1, 0.15) is 5.82 Å². The van der Waals surface area contributed by atoms with Gasteiger partial charge < -0.3 is 16.8 Å². The SMILES string of the molecule is CC(C)(C(N)=O)c1ccc(C[CH]C(=O)NCc2ccc(N)nc2)cc1. The average molecular weight is 339 g/mol. The smallest absolute Gasteiger partial charge is 0.227 e. The van der Waals surface area contributed by atoms with E-state index in [0.717, 1.165) is 16.7 Å². The molecule has 0 atom stereocenters. The van der Waals surface area contributed by atoms with E-state index in [2.05, 4.69) is 10.3 Å². The number of primary amides is 1. The number of benzene rings is 1. The summed E-state index contributed by atoms with van der Waals surface area (Å²) in [6, 6.07) is 11.0. The maximum atomic E-state index is 11.9. The van der Waals surface area contributed by atoms with Crippen LogP contribution in [0.4, 0.5) is 5.82 Å². The van der Waals surface area contributed by atoms with Crippen LogP contribution in [0.15, 0.2) is 42.6 Å². The number of amides is 2. The van der Waals surface area contributed by atoms with E-state index in [0.29, 0.717) is 18.8 Å². The zero-order valence-electron chi connectivity index (χ0n) is 14.5. The molecule has 6 heteroatoms. The van der Waals surface area contributed by atoms with Crippen LogP contribution in [0.5, 0.6) is 0 Å². The second kappa shape index (κ2) is 7.79. The van der Waals surface area contributed by atoms with E-state index < -0.39 is 5.41 Å². The summed E-state index contributed by atoms with van der Waals surface area (Å²) in [5, 5.41) is 2.80. The van der Waals surface area contributed by atoms with Crippen LogP contribution in [0.1, 0.15) is 30.5 Å². The molecule has 0 fully saturated rings. The molecule has 0 aliphatic rings. The third kappa shape index (κ3) is 5.04. The van der Waals surface area contributed by atoms with Crippen molar-refractivity contribution in [2.45, 2.75) is 32.2 Å². The minimum Gasteiger partial charge on any atom is -0.384 e. The number of hydrogen-bond donors (Lipinski definition) is 3. The molecule has 0 aliphatic carbocycles. The van der Waals surface area contributed by atoms with Crippen molar-refractivity contribution in [1.82, 2.24) is 10.3 Å². The molecule has 5 N–H and O–H groups in total. The van der Waals surface area contributed by atoms with E-state index in [-0.39, 0.29) is 11.8 Å². The molecule has 1 aromatic carbocycles. The van der Waals surface area contributed by atoms with Gasteiger partial charge in [0.05, 0.1) is 11.8 Å². The highest BCUT2D eigenvalue weighted by molar-refractivity contribution is 5.86. The van der Waals surface area contributed by atoms with Gasteiger partial charge in [0, 0.05) is 12.7 Å². The van der Waals surface area contributed by atoms with Gasteiger partial charge >= 0.3 is 0 Å². The Bertz CT molecular complexity index is 737. The lowest BCUT2D eigenvalue weighted by Crippen LogP contribution is -2.35. The monoisotopic (exact) mass is 339 g/mol. The molecule has 1 aromatic heterocycles. The number of carbonyl (C=O) groups excluding carboxylic acids is 2. The maximum Gasteiger partial charge on any atom is 0.227 e. The van der Waals surface area contributed by atoms with Gasteiger partial charge in [0.25, 0.3) is 0 Å². The second-order valence-electron chi connectivity index (χ2n) is 6.40. The Morgan fingerprint density at radius 2 is 1.76 bits per heavy atom. The van der Waals surface area contributed by atoms with E-state index in [1.807, 2.05) is 30.3 Å². The van der Waals surface area contributed by atoms with Crippen molar-refractivity contribution in [2.75, 3.05) is 5.73 Å². The first-order chi connectivity index (χ1) is 11.8. The molecule has 2 aromatic rings. The third-order valence-electron chi connectivity index (χ3n) is 4.13. The normalized spacial score (nSPS) is 11.1. The van der Waals surface area contributed by atoms with Gasteiger partial charge in [-0.15, -0.1) is 0 Å². The standard InChI is InChI=1S/C19H23N4O2/c1-19(2,18(21)25)15-7-3-13(4-8-15)6-10-17(24)23-12-14-5-9-16(20)22-11-14/h3-5,7-11H,6,12H2,1-2H3,(H2,20,22)(H2,21,25)(H,23,24). The van der Waals surface area contributed by atoms with E-state index in [9.17, 15) is 9.59 Å². The Morgan fingerprint density at radius 3 is 2.32 bits per heavy atom. The van der Waals surface area contributed by atoms with Crippen LogP contribution < -0.4 is 16.8 Å². The lowest BCUT2D eigenvalue weighted by molar-refractivity contribution is -0.122. The minimum atomic E-state index is -0.716. The first-order valence-corrected chi connectivity index (χ1v) is 8.00. The highest BCUT2D eigenvalue weighted by Crippen LogP contribution is 2.23. The number of nitrogens with two attached hydrogens (primary N) is 2. The summed E-state index contributed by atoms with van der Waals surface area (Å²) in [6.07, 6.45) is 3.72. The van der Waals surface area contributed by atoms with Gasteiger partial charge in [-0.25, -0.2) is 4.98 Å². The number of hydrogen-bond acceptors (Lipinski definition) is 4. The van der Waals surface area contributed by atoms with Gasteiger partial charge in [-0.1, -0.05) is 30.3 Å². The molecule has 0 saturated heterocycles. The number of nitrogen functional groups attached to an aromatic ring is 1. The fourth-order valence-corrected chi connectivity index (χ4v) is 2.21. The number of anilines is 1. The zero-order chi connectivity index (χ0) is 18.4. The molecule has 0 aliphatic heterocycles.